The van der Waals surface area contributed by atoms with E-state index in [1.54, 1.807) is 0 Å². The van der Waals surface area contributed by atoms with Crippen molar-refractivity contribution in [3.8, 4) is 0 Å². The van der Waals surface area contributed by atoms with Gasteiger partial charge in [0.15, 0.2) is 11.6 Å². The number of benzene rings is 2. The topological polar surface area (TPSA) is 110 Å². The number of carbonyl (C=O) groups excluding carboxylic acids is 1. The van der Waals surface area contributed by atoms with Crippen LogP contribution in [-0.4, -0.2) is 32.0 Å². The Kier molecular flexibility index (Phi) is 6.85. The van der Waals surface area contributed by atoms with Gasteiger partial charge < -0.3 is 5.32 Å². The summed E-state index contributed by atoms with van der Waals surface area (Å²) in [4.78, 5) is 22.6. The van der Waals surface area contributed by atoms with Crippen LogP contribution in [0.2, 0.25) is 0 Å². The molecule has 2 rings (SSSR count). The van der Waals surface area contributed by atoms with Crippen molar-refractivity contribution >= 4 is 33.0 Å². The van der Waals surface area contributed by atoms with Crippen molar-refractivity contribution in [2.45, 2.75) is 19.8 Å². The van der Waals surface area contributed by atoms with Crippen LogP contribution in [0.4, 0.5) is 25.8 Å². The molecule has 0 heterocycles. The SMILES string of the molecule is Cc1c(NC(=O)CCCN(c2ccc(F)c(F)c2)S(C)(=O)=O)cccc1[N+](=O)[O-]. The molecule has 0 spiro atoms. The Morgan fingerprint density at radius 3 is 2.48 bits per heavy atom. The van der Waals surface area contributed by atoms with E-state index >= 15 is 0 Å². The van der Waals surface area contributed by atoms with E-state index in [1.807, 2.05) is 0 Å². The summed E-state index contributed by atoms with van der Waals surface area (Å²) in [7, 11) is -3.79. The maximum absolute atomic E-state index is 13.4. The number of hydrogen-bond acceptors (Lipinski definition) is 5. The molecule has 0 saturated heterocycles. The van der Waals surface area contributed by atoms with Crippen LogP contribution in [0.3, 0.4) is 0 Å². The molecule has 0 bridgehead atoms. The number of nitrogens with zero attached hydrogens (tertiary/aromatic N) is 2. The summed E-state index contributed by atoms with van der Waals surface area (Å²) >= 11 is 0. The standard InChI is InChI=1S/C18H19F2N3O5S/c1-12-16(5-3-6-17(12)23(25)26)21-18(24)7-4-10-22(29(2,27)28)13-8-9-14(19)15(20)11-13/h3,5-6,8-9,11H,4,7,10H2,1-2H3,(H,21,24). The molecule has 1 N–H and O–H groups in total. The lowest BCUT2D eigenvalue weighted by Gasteiger charge is -2.22. The zero-order valence-corrected chi connectivity index (χ0v) is 16.5. The molecule has 0 radical (unpaired) electrons. The second-order valence-electron chi connectivity index (χ2n) is 6.29. The minimum Gasteiger partial charge on any atom is -0.326 e. The highest BCUT2D eigenvalue weighted by atomic mass is 32.2. The van der Waals surface area contributed by atoms with Gasteiger partial charge in [0.1, 0.15) is 0 Å². The molecule has 11 heteroatoms. The molecular weight excluding hydrogens is 408 g/mol. The van der Waals surface area contributed by atoms with Crippen molar-refractivity contribution in [3.05, 3.63) is 63.7 Å². The first kappa shape index (κ1) is 22.2. The minimum absolute atomic E-state index is 0.0543. The number of nitrogens with one attached hydrogen (secondary N) is 1. The number of rotatable bonds is 8. The summed E-state index contributed by atoms with van der Waals surface area (Å²) in [6.45, 7) is 1.37. The van der Waals surface area contributed by atoms with E-state index in [9.17, 15) is 32.1 Å². The van der Waals surface area contributed by atoms with Gasteiger partial charge in [0.05, 0.1) is 28.1 Å². The van der Waals surface area contributed by atoms with Crippen LogP contribution in [0.15, 0.2) is 36.4 Å². The molecule has 0 fully saturated rings. The lowest BCUT2D eigenvalue weighted by Crippen LogP contribution is -2.31. The minimum atomic E-state index is -3.79. The van der Waals surface area contributed by atoms with E-state index in [4.69, 9.17) is 0 Å². The molecule has 1 amide bonds. The zero-order chi connectivity index (χ0) is 21.8. The van der Waals surface area contributed by atoms with E-state index in [1.165, 1.54) is 25.1 Å². The first-order valence-corrected chi connectivity index (χ1v) is 10.3. The van der Waals surface area contributed by atoms with Crippen LogP contribution in [0.25, 0.3) is 0 Å². The molecular formula is C18H19F2N3O5S. The maximum Gasteiger partial charge on any atom is 0.274 e. The van der Waals surface area contributed by atoms with E-state index in [0.29, 0.717) is 5.56 Å². The van der Waals surface area contributed by atoms with Crippen LogP contribution in [0.5, 0.6) is 0 Å². The Hall–Kier alpha value is -3.08. The first-order chi connectivity index (χ1) is 13.5. The van der Waals surface area contributed by atoms with E-state index < -0.39 is 32.5 Å². The fourth-order valence-corrected chi connectivity index (χ4v) is 3.64. The molecule has 0 atom stereocenters. The third kappa shape index (κ3) is 5.70. The summed E-state index contributed by atoms with van der Waals surface area (Å²) in [6.07, 6.45) is 0.921. The molecule has 0 unspecified atom stereocenters. The molecule has 0 aliphatic heterocycles. The zero-order valence-electron chi connectivity index (χ0n) is 15.7. The van der Waals surface area contributed by atoms with E-state index in [2.05, 4.69) is 5.32 Å². The Balaban J connectivity index is 2.04. The molecule has 8 nitrogen and oxygen atoms in total. The van der Waals surface area contributed by atoms with Gasteiger partial charge in [-0.2, -0.15) is 0 Å². The van der Waals surface area contributed by atoms with Crippen molar-refractivity contribution in [1.29, 1.82) is 0 Å². The number of nitro groups is 1. The summed E-state index contributed by atoms with van der Waals surface area (Å²) in [5.74, 6) is -2.75. The van der Waals surface area contributed by atoms with Crippen LogP contribution >= 0.6 is 0 Å². The van der Waals surface area contributed by atoms with Gasteiger partial charge in [0.25, 0.3) is 5.69 Å². The van der Waals surface area contributed by atoms with Gasteiger partial charge in [0.2, 0.25) is 15.9 Å². The number of halogens is 2. The van der Waals surface area contributed by atoms with Gasteiger partial charge in [0, 0.05) is 25.1 Å². The normalized spacial score (nSPS) is 11.2. The molecule has 0 aliphatic rings. The van der Waals surface area contributed by atoms with Crippen molar-refractivity contribution in [3.63, 3.8) is 0 Å². The third-order valence-electron chi connectivity index (χ3n) is 4.13. The monoisotopic (exact) mass is 427 g/mol. The average molecular weight is 427 g/mol. The average Bonchev–Trinajstić information content (AvgIpc) is 2.62. The van der Waals surface area contributed by atoms with Gasteiger partial charge >= 0.3 is 0 Å². The Labute approximate surface area is 166 Å². The smallest absolute Gasteiger partial charge is 0.274 e. The van der Waals surface area contributed by atoms with Crippen molar-refractivity contribution in [2.75, 3.05) is 22.4 Å². The van der Waals surface area contributed by atoms with Crippen molar-refractivity contribution in [1.82, 2.24) is 0 Å². The van der Waals surface area contributed by atoms with Crippen LogP contribution < -0.4 is 9.62 Å². The lowest BCUT2D eigenvalue weighted by molar-refractivity contribution is -0.385. The Bertz CT molecular complexity index is 1040. The molecule has 2 aromatic rings. The third-order valence-corrected chi connectivity index (χ3v) is 5.33. The van der Waals surface area contributed by atoms with Crippen molar-refractivity contribution in [2.24, 2.45) is 0 Å². The van der Waals surface area contributed by atoms with Crippen LogP contribution in [0, 0.1) is 28.7 Å². The van der Waals surface area contributed by atoms with Gasteiger partial charge in [-0.1, -0.05) is 6.07 Å². The second kappa shape index (κ2) is 8.95. The molecule has 0 aliphatic carbocycles. The number of nitro benzene ring substituents is 1. The predicted molar refractivity (Wildman–Crippen MR) is 104 cm³/mol. The maximum atomic E-state index is 13.4. The van der Waals surface area contributed by atoms with Crippen LogP contribution in [0.1, 0.15) is 18.4 Å². The van der Waals surface area contributed by atoms with Crippen LogP contribution in [-0.2, 0) is 14.8 Å². The largest absolute Gasteiger partial charge is 0.326 e. The fourth-order valence-electron chi connectivity index (χ4n) is 2.68. The number of carbonyl (C=O) groups is 1. The molecule has 2 aromatic carbocycles. The van der Waals surface area contributed by atoms with Gasteiger partial charge in [-0.25, -0.2) is 17.2 Å². The van der Waals surface area contributed by atoms with E-state index in [-0.39, 0.29) is 36.4 Å². The van der Waals surface area contributed by atoms with Gasteiger partial charge in [-0.05, 0) is 31.5 Å². The second-order valence-corrected chi connectivity index (χ2v) is 8.20. The Morgan fingerprint density at radius 1 is 1.21 bits per heavy atom. The highest BCUT2D eigenvalue weighted by Gasteiger charge is 2.20. The van der Waals surface area contributed by atoms with Gasteiger partial charge in [-0.3, -0.25) is 19.2 Å². The molecule has 0 saturated carbocycles. The molecule has 29 heavy (non-hydrogen) atoms. The fraction of sp³-hybridized carbons (Fsp3) is 0.278. The highest BCUT2D eigenvalue weighted by Crippen LogP contribution is 2.25. The summed E-state index contributed by atoms with van der Waals surface area (Å²) in [5, 5.41) is 13.5. The molecule has 0 aromatic heterocycles. The highest BCUT2D eigenvalue weighted by molar-refractivity contribution is 7.92. The predicted octanol–water partition coefficient (Wildman–Crippen LogP) is 3.37. The number of anilines is 2. The summed E-state index contributed by atoms with van der Waals surface area (Å²) in [5.41, 5.74) is 0.390. The van der Waals surface area contributed by atoms with E-state index in [0.717, 1.165) is 28.8 Å². The summed E-state index contributed by atoms with van der Waals surface area (Å²) < 4.78 is 51.4. The summed E-state index contributed by atoms with van der Waals surface area (Å²) in [6, 6.07) is 6.99. The first-order valence-electron chi connectivity index (χ1n) is 8.47. The number of hydrogen-bond donors (Lipinski definition) is 1. The Morgan fingerprint density at radius 2 is 1.90 bits per heavy atom. The quantitative estimate of drug-likeness (QED) is 0.513. The van der Waals surface area contributed by atoms with Gasteiger partial charge in [-0.15, -0.1) is 0 Å². The number of amides is 1. The lowest BCUT2D eigenvalue weighted by atomic mass is 10.1. The molecule has 156 valence electrons. The number of sulfonamides is 1. The van der Waals surface area contributed by atoms with Crippen molar-refractivity contribution < 1.29 is 26.9 Å².